The standard InChI is InChI=1S/C10H9Cl6N3/c11-9(12,13)7(17)19-8(10(14,15)16)18-6-4-2-1-3-5-6/h1-5,8,18H,(H2,17,19). The van der Waals surface area contributed by atoms with Gasteiger partial charge in [-0.25, -0.2) is 4.99 Å². The number of halogens is 6. The van der Waals surface area contributed by atoms with E-state index in [1.165, 1.54) is 0 Å². The van der Waals surface area contributed by atoms with Gasteiger partial charge in [-0.15, -0.1) is 0 Å². The zero-order valence-electron chi connectivity index (χ0n) is 9.26. The molecule has 3 N–H and O–H groups in total. The molecule has 0 radical (unpaired) electrons. The molecule has 1 aromatic carbocycles. The van der Waals surface area contributed by atoms with Crippen molar-refractivity contribution >= 4 is 81.1 Å². The highest BCUT2D eigenvalue weighted by Crippen LogP contribution is 2.34. The van der Waals surface area contributed by atoms with Crippen LogP contribution < -0.4 is 11.1 Å². The average molecular weight is 384 g/mol. The quantitative estimate of drug-likeness (QED) is 0.458. The molecule has 1 atom stereocenters. The molecule has 9 heteroatoms. The van der Waals surface area contributed by atoms with Gasteiger partial charge in [0.2, 0.25) is 7.59 Å². The minimum atomic E-state index is -1.87. The van der Waals surface area contributed by atoms with Crippen LogP contribution in [0.15, 0.2) is 35.3 Å². The van der Waals surface area contributed by atoms with Gasteiger partial charge in [0.05, 0.1) is 0 Å². The SMILES string of the molecule is N/C(=N\C(Nc1ccccc1)C(Cl)(Cl)Cl)C(Cl)(Cl)Cl. The van der Waals surface area contributed by atoms with Crippen LogP contribution >= 0.6 is 69.6 Å². The second-order valence-corrected chi connectivity index (χ2v) is 8.12. The van der Waals surface area contributed by atoms with Gasteiger partial charge in [-0.2, -0.15) is 0 Å². The van der Waals surface area contributed by atoms with Crippen molar-refractivity contribution in [3.63, 3.8) is 0 Å². The Bertz CT molecular complexity index is 437. The molecule has 0 saturated carbocycles. The summed E-state index contributed by atoms with van der Waals surface area (Å²) < 4.78 is -3.64. The normalized spacial score (nSPS) is 15.2. The van der Waals surface area contributed by atoms with Crippen LogP contribution in [0.2, 0.25) is 0 Å². The second-order valence-electron chi connectivity index (χ2n) is 3.47. The first-order chi connectivity index (χ1) is 8.60. The number of aliphatic imine (C=N–C) groups is 1. The van der Waals surface area contributed by atoms with E-state index in [0.717, 1.165) is 0 Å². The summed E-state index contributed by atoms with van der Waals surface area (Å²) in [7, 11) is 0. The number of hydrogen-bond donors (Lipinski definition) is 2. The Hall–Kier alpha value is 0.230. The van der Waals surface area contributed by atoms with E-state index in [4.69, 9.17) is 75.3 Å². The third kappa shape index (κ3) is 6.03. The minimum Gasteiger partial charge on any atom is -0.384 e. The fourth-order valence-electron chi connectivity index (χ4n) is 1.09. The number of alkyl halides is 6. The number of benzene rings is 1. The summed E-state index contributed by atoms with van der Waals surface area (Å²) in [4.78, 5) is 3.91. The molecule has 0 aliphatic carbocycles. The van der Waals surface area contributed by atoms with E-state index in [0.29, 0.717) is 5.69 Å². The van der Waals surface area contributed by atoms with Crippen LogP contribution in [-0.4, -0.2) is 19.6 Å². The number of anilines is 1. The number of amidine groups is 1. The van der Waals surface area contributed by atoms with E-state index in [1.54, 1.807) is 24.3 Å². The first kappa shape index (κ1) is 17.3. The van der Waals surface area contributed by atoms with Gasteiger partial charge in [0.15, 0.2) is 6.17 Å². The third-order valence-electron chi connectivity index (χ3n) is 1.95. The maximum absolute atomic E-state index is 5.82. The van der Waals surface area contributed by atoms with Gasteiger partial charge in [-0.1, -0.05) is 87.8 Å². The Morgan fingerprint density at radius 2 is 1.58 bits per heavy atom. The topological polar surface area (TPSA) is 50.4 Å². The molecular formula is C10H9Cl6N3. The van der Waals surface area contributed by atoms with Gasteiger partial charge in [0, 0.05) is 5.69 Å². The maximum atomic E-state index is 5.82. The zero-order chi connectivity index (χ0) is 14.7. The van der Waals surface area contributed by atoms with Gasteiger partial charge in [-0.05, 0) is 12.1 Å². The number of hydrogen-bond acceptors (Lipinski definition) is 2. The largest absolute Gasteiger partial charge is 0.384 e. The van der Waals surface area contributed by atoms with Gasteiger partial charge in [0.25, 0.3) is 0 Å². The number of nitrogens with two attached hydrogens (primary N) is 1. The van der Waals surface area contributed by atoms with Crippen LogP contribution in [0, 0.1) is 0 Å². The lowest BCUT2D eigenvalue weighted by atomic mass is 10.3. The maximum Gasteiger partial charge on any atom is 0.247 e. The van der Waals surface area contributed by atoms with Crippen LogP contribution in [0.3, 0.4) is 0 Å². The van der Waals surface area contributed by atoms with Crippen molar-refractivity contribution in [3.05, 3.63) is 30.3 Å². The Morgan fingerprint density at radius 1 is 1.05 bits per heavy atom. The highest BCUT2D eigenvalue weighted by atomic mass is 35.6. The highest BCUT2D eigenvalue weighted by molar-refractivity contribution is 6.76. The van der Waals surface area contributed by atoms with E-state index >= 15 is 0 Å². The van der Waals surface area contributed by atoms with Crippen molar-refractivity contribution in [2.45, 2.75) is 13.8 Å². The predicted octanol–water partition coefficient (Wildman–Crippen LogP) is 4.52. The van der Waals surface area contributed by atoms with Crippen LogP contribution in [-0.2, 0) is 0 Å². The summed E-state index contributed by atoms with van der Waals surface area (Å²) in [5.74, 6) is -0.280. The summed E-state index contributed by atoms with van der Waals surface area (Å²) in [5.41, 5.74) is 6.22. The van der Waals surface area contributed by atoms with Crippen molar-refractivity contribution in [3.8, 4) is 0 Å². The Labute approximate surface area is 140 Å². The average Bonchev–Trinajstić information content (AvgIpc) is 2.27. The molecule has 0 spiro atoms. The van der Waals surface area contributed by atoms with E-state index in [2.05, 4.69) is 10.3 Å². The van der Waals surface area contributed by atoms with Gasteiger partial charge in [-0.3, -0.25) is 0 Å². The van der Waals surface area contributed by atoms with E-state index in [9.17, 15) is 0 Å². The molecule has 1 aromatic rings. The fraction of sp³-hybridized carbons (Fsp3) is 0.300. The monoisotopic (exact) mass is 381 g/mol. The van der Waals surface area contributed by atoms with Gasteiger partial charge < -0.3 is 11.1 Å². The molecule has 0 bridgehead atoms. The van der Waals surface area contributed by atoms with Crippen molar-refractivity contribution in [2.24, 2.45) is 10.7 Å². The summed E-state index contributed by atoms with van der Waals surface area (Å²) >= 11 is 34.3. The summed E-state index contributed by atoms with van der Waals surface area (Å²) in [6, 6.07) is 8.99. The van der Waals surface area contributed by atoms with Gasteiger partial charge in [0.1, 0.15) is 5.84 Å². The van der Waals surface area contributed by atoms with Gasteiger partial charge >= 0.3 is 0 Å². The van der Waals surface area contributed by atoms with Crippen molar-refractivity contribution < 1.29 is 0 Å². The molecule has 106 valence electrons. The summed E-state index contributed by atoms with van der Waals surface area (Å²) in [5, 5.41) is 2.88. The van der Waals surface area contributed by atoms with E-state index in [1.807, 2.05) is 6.07 Å². The first-order valence-electron chi connectivity index (χ1n) is 4.89. The van der Waals surface area contributed by atoms with Crippen molar-refractivity contribution in [1.82, 2.24) is 0 Å². The minimum absolute atomic E-state index is 0.280. The van der Waals surface area contributed by atoms with Crippen LogP contribution in [0.1, 0.15) is 0 Å². The third-order valence-corrected chi connectivity index (χ3v) is 3.15. The molecule has 0 aromatic heterocycles. The lowest BCUT2D eigenvalue weighted by Gasteiger charge is -2.24. The fourth-order valence-corrected chi connectivity index (χ4v) is 1.55. The molecule has 0 saturated heterocycles. The van der Waals surface area contributed by atoms with Crippen LogP contribution in [0.4, 0.5) is 5.69 Å². The van der Waals surface area contributed by atoms with Crippen molar-refractivity contribution in [1.29, 1.82) is 0 Å². The first-order valence-corrected chi connectivity index (χ1v) is 7.16. The molecule has 0 amide bonds. The smallest absolute Gasteiger partial charge is 0.247 e. The number of nitrogens with zero attached hydrogens (tertiary/aromatic N) is 1. The summed E-state index contributed by atoms with van der Waals surface area (Å²) in [6.07, 6.45) is -1.00. The predicted molar refractivity (Wildman–Crippen MR) is 86.1 cm³/mol. The Balaban J connectivity index is 2.98. The summed E-state index contributed by atoms with van der Waals surface area (Å²) in [6.45, 7) is 0. The highest BCUT2D eigenvalue weighted by Gasteiger charge is 2.35. The molecular weight excluding hydrogens is 375 g/mol. The van der Waals surface area contributed by atoms with Crippen LogP contribution in [0.25, 0.3) is 0 Å². The lowest BCUT2D eigenvalue weighted by Crippen LogP contribution is -2.38. The number of para-hydroxylation sites is 1. The number of rotatable bonds is 3. The molecule has 3 nitrogen and oxygen atoms in total. The van der Waals surface area contributed by atoms with Crippen LogP contribution in [0.5, 0.6) is 0 Å². The zero-order valence-corrected chi connectivity index (χ0v) is 13.8. The van der Waals surface area contributed by atoms with E-state index < -0.39 is 13.8 Å². The Kier molecular flexibility index (Phi) is 6.18. The lowest BCUT2D eigenvalue weighted by molar-refractivity contribution is 0.779. The molecule has 1 unspecified atom stereocenters. The molecule has 0 aliphatic heterocycles. The molecule has 0 fully saturated rings. The molecule has 0 heterocycles. The van der Waals surface area contributed by atoms with E-state index in [-0.39, 0.29) is 5.84 Å². The van der Waals surface area contributed by atoms with Crippen molar-refractivity contribution in [2.75, 3.05) is 5.32 Å². The molecule has 19 heavy (non-hydrogen) atoms. The molecule has 0 aliphatic rings. The number of nitrogens with one attached hydrogen (secondary N) is 1. The Morgan fingerprint density at radius 3 is 2.00 bits per heavy atom. The second kappa shape index (κ2) is 6.79. The molecule has 1 rings (SSSR count).